The number of hydrogen-bond acceptors (Lipinski definition) is 8. The molecule has 0 amide bonds. The summed E-state index contributed by atoms with van der Waals surface area (Å²) in [7, 11) is 0. The molecule has 0 aromatic carbocycles. The number of pyridine rings is 1. The number of rotatable bonds is 5. The molecule has 32 heavy (non-hydrogen) atoms. The molecule has 1 saturated carbocycles. The molecule has 3 aliphatic heterocycles. The Morgan fingerprint density at radius 3 is 2.62 bits per heavy atom. The van der Waals surface area contributed by atoms with Gasteiger partial charge in [0.1, 0.15) is 12.0 Å². The van der Waals surface area contributed by atoms with Crippen LogP contribution in [0.1, 0.15) is 19.3 Å². The van der Waals surface area contributed by atoms with E-state index in [0.717, 1.165) is 25.2 Å². The molecule has 3 saturated heterocycles. The average Bonchev–Trinajstić information content (AvgIpc) is 3.55. The second kappa shape index (κ2) is 7.36. The molecule has 0 spiro atoms. The van der Waals surface area contributed by atoms with Crippen LogP contribution in [0.15, 0.2) is 18.3 Å². The second-order valence-corrected chi connectivity index (χ2v) is 8.95. The molecule has 2 N–H and O–H groups in total. The minimum absolute atomic E-state index is 0.00357. The van der Waals surface area contributed by atoms with Gasteiger partial charge in [-0.1, -0.05) is 0 Å². The van der Waals surface area contributed by atoms with Crippen LogP contribution in [0.2, 0.25) is 0 Å². The SMILES string of the molecule is Nc1ncc(-c2cc(N3C[C@@H]4C[C@H]3CO4)nc(N3CC4C[C@@H]3CC4F)n2)cc1OC(F)F. The van der Waals surface area contributed by atoms with Crippen molar-refractivity contribution in [1.29, 1.82) is 0 Å². The predicted molar refractivity (Wildman–Crippen MR) is 111 cm³/mol. The van der Waals surface area contributed by atoms with Gasteiger partial charge in [-0.2, -0.15) is 13.8 Å². The lowest BCUT2D eigenvalue weighted by Gasteiger charge is -2.32. The van der Waals surface area contributed by atoms with E-state index in [1.54, 1.807) is 0 Å². The van der Waals surface area contributed by atoms with Crippen molar-refractivity contribution in [1.82, 2.24) is 15.0 Å². The molecule has 2 aromatic rings. The lowest BCUT2D eigenvalue weighted by atomic mass is 10.1. The zero-order valence-corrected chi connectivity index (χ0v) is 17.2. The van der Waals surface area contributed by atoms with Gasteiger partial charge in [-0.05, 0) is 25.3 Å². The first-order valence-corrected chi connectivity index (χ1v) is 10.8. The molecular weight excluding hydrogens is 425 g/mol. The molecule has 6 rings (SSSR count). The van der Waals surface area contributed by atoms with Crippen LogP contribution in [0.5, 0.6) is 5.75 Å². The van der Waals surface area contributed by atoms with Crippen molar-refractivity contribution in [2.24, 2.45) is 5.92 Å². The molecule has 0 radical (unpaired) electrons. The van der Waals surface area contributed by atoms with Gasteiger partial charge in [0.25, 0.3) is 0 Å². The summed E-state index contributed by atoms with van der Waals surface area (Å²) >= 11 is 0. The fraction of sp³-hybridized carbons (Fsp3) is 0.571. The van der Waals surface area contributed by atoms with Gasteiger partial charge in [0.2, 0.25) is 5.95 Å². The van der Waals surface area contributed by atoms with Crippen LogP contribution in [0.25, 0.3) is 11.3 Å². The third-order valence-corrected chi connectivity index (χ3v) is 7.00. The average molecular weight is 448 g/mol. The Hall–Kier alpha value is -2.82. The van der Waals surface area contributed by atoms with E-state index in [1.165, 1.54) is 12.3 Å². The van der Waals surface area contributed by atoms with E-state index in [1.807, 2.05) is 6.07 Å². The summed E-state index contributed by atoms with van der Waals surface area (Å²) in [6, 6.07) is 3.55. The standard InChI is InChI=1S/C21H23F3N6O2/c22-15-4-12-1-11(15)7-30(12)21-27-16(10-2-17(32-20(23)24)19(25)26-6-10)5-18(28-21)29-8-14-3-13(29)9-31-14/h2,5-6,11-15,20H,1,3-4,7-9H2,(H2,25,26)/t11?,12-,13+,14+,15?/m1/s1. The van der Waals surface area contributed by atoms with Gasteiger partial charge in [0.15, 0.2) is 11.6 Å². The third-order valence-electron chi connectivity index (χ3n) is 7.00. The number of fused-ring (bicyclic) bond motifs is 4. The highest BCUT2D eigenvalue weighted by Gasteiger charge is 2.46. The van der Waals surface area contributed by atoms with Crippen LogP contribution >= 0.6 is 0 Å². The molecule has 2 aromatic heterocycles. The van der Waals surface area contributed by atoms with E-state index in [9.17, 15) is 13.2 Å². The Morgan fingerprint density at radius 2 is 1.97 bits per heavy atom. The van der Waals surface area contributed by atoms with Gasteiger partial charge in [-0.15, -0.1) is 0 Å². The lowest BCUT2D eigenvalue weighted by Crippen LogP contribution is -2.39. The summed E-state index contributed by atoms with van der Waals surface area (Å²) in [5, 5.41) is 0. The van der Waals surface area contributed by atoms with Crippen LogP contribution in [0.4, 0.5) is 30.8 Å². The zero-order chi connectivity index (χ0) is 22.0. The number of nitrogens with zero attached hydrogens (tertiary/aromatic N) is 5. The number of piperidine rings is 1. The normalized spacial score (nSPS) is 30.7. The molecule has 2 unspecified atom stereocenters. The van der Waals surface area contributed by atoms with Gasteiger partial charge in [0.05, 0.1) is 24.4 Å². The predicted octanol–water partition coefficient (Wildman–Crippen LogP) is 2.64. The summed E-state index contributed by atoms with van der Waals surface area (Å²) in [5.74, 6) is 0.940. The number of hydrogen-bond donors (Lipinski definition) is 1. The lowest BCUT2D eigenvalue weighted by molar-refractivity contribution is -0.0494. The zero-order valence-electron chi connectivity index (χ0n) is 17.2. The highest BCUT2D eigenvalue weighted by molar-refractivity contribution is 5.68. The van der Waals surface area contributed by atoms with Gasteiger partial charge in [-0.3, -0.25) is 0 Å². The first-order chi connectivity index (χ1) is 15.4. The summed E-state index contributed by atoms with van der Waals surface area (Å²) in [5.41, 5.74) is 6.72. The fourth-order valence-electron chi connectivity index (χ4n) is 5.45. The molecule has 8 nitrogen and oxygen atoms in total. The fourth-order valence-corrected chi connectivity index (χ4v) is 5.45. The van der Waals surface area contributed by atoms with Gasteiger partial charge >= 0.3 is 6.61 Å². The molecule has 170 valence electrons. The number of nitrogens with two attached hydrogens (primary N) is 1. The van der Waals surface area contributed by atoms with E-state index >= 15 is 0 Å². The van der Waals surface area contributed by atoms with E-state index in [4.69, 9.17) is 20.4 Å². The summed E-state index contributed by atoms with van der Waals surface area (Å²) in [6.45, 7) is -1.06. The molecule has 4 fully saturated rings. The highest BCUT2D eigenvalue weighted by Crippen LogP contribution is 2.42. The van der Waals surface area contributed by atoms with E-state index in [-0.39, 0.29) is 35.7 Å². The molecule has 4 aliphatic rings. The maximum absolute atomic E-state index is 14.1. The summed E-state index contributed by atoms with van der Waals surface area (Å²) < 4.78 is 49.9. The van der Waals surface area contributed by atoms with Crippen molar-refractivity contribution in [3.63, 3.8) is 0 Å². The number of aromatic nitrogens is 3. The highest BCUT2D eigenvalue weighted by atomic mass is 19.3. The van der Waals surface area contributed by atoms with Crippen LogP contribution in [-0.2, 0) is 4.74 Å². The Kier molecular flexibility index (Phi) is 4.56. The first-order valence-electron chi connectivity index (χ1n) is 10.8. The Bertz CT molecular complexity index is 1040. The summed E-state index contributed by atoms with van der Waals surface area (Å²) in [4.78, 5) is 17.8. The Morgan fingerprint density at radius 1 is 1.09 bits per heavy atom. The third kappa shape index (κ3) is 3.30. The van der Waals surface area contributed by atoms with Crippen molar-refractivity contribution in [3.05, 3.63) is 18.3 Å². The molecule has 5 heterocycles. The first kappa shape index (κ1) is 19.8. The van der Waals surface area contributed by atoms with Crippen molar-refractivity contribution in [3.8, 4) is 17.0 Å². The number of halogens is 3. The van der Waals surface area contributed by atoms with Crippen molar-refractivity contribution < 1.29 is 22.6 Å². The Labute approximate surface area is 182 Å². The summed E-state index contributed by atoms with van der Waals surface area (Å²) in [6.07, 6.45) is 3.11. The van der Waals surface area contributed by atoms with E-state index < -0.39 is 12.8 Å². The second-order valence-electron chi connectivity index (χ2n) is 8.95. The molecule has 4 bridgehead atoms. The maximum Gasteiger partial charge on any atom is 0.387 e. The monoisotopic (exact) mass is 448 g/mol. The number of morpholine rings is 1. The molecule has 11 heteroatoms. The van der Waals surface area contributed by atoms with E-state index in [0.29, 0.717) is 36.8 Å². The largest absolute Gasteiger partial charge is 0.431 e. The maximum atomic E-state index is 14.1. The van der Waals surface area contributed by atoms with Crippen LogP contribution in [0.3, 0.4) is 0 Å². The smallest absolute Gasteiger partial charge is 0.387 e. The van der Waals surface area contributed by atoms with Crippen molar-refractivity contribution in [2.45, 2.75) is 50.2 Å². The van der Waals surface area contributed by atoms with Crippen LogP contribution in [0, 0.1) is 5.92 Å². The number of nitrogen functional groups attached to an aromatic ring is 1. The molecular formula is C21H23F3N6O2. The van der Waals surface area contributed by atoms with E-state index in [2.05, 4.69) is 19.5 Å². The van der Waals surface area contributed by atoms with Crippen LogP contribution < -0.4 is 20.3 Å². The molecule has 1 aliphatic carbocycles. The minimum atomic E-state index is -3.01. The van der Waals surface area contributed by atoms with Gasteiger partial charge in [0, 0.05) is 42.9 Å². The number of ether oxygens (including phenoxy) is 2. The Balaban J connectivity index is 1.40. The molecule has 5 atom stereocenters. The number of alkyl halides is 3. The quantitative estimate of drug-likeness (QED) is 0.747. The van der Waals surface area contributed by atoms with Crippen LogP contribution in [-0.4, -0.2) is 65.6 Å². The topological polar surface area (TPSA) is 89.6 Å². The van der Waals surface area contributed by atoms with Gasteiger partial charge < -0.3 is 25.0 Å². The van der Waals surface area contributed by atoms with Crippen molar-refractivity contribution >= 4 is 17.6 Å². The number of anilines is 3. The minimum Gasteiger partial charge on any atom is -0.431 e. The van der Waals surface area contributed by atoms with Crippen molar-refractivity contribution in [2.75, 3.05) is 35.2 Å². The van der Waals surface area contributed by atoms with Gasteiger partial charge in [-0.25, -0.2) is 14.4 Å².